The highest BCUT2D eigenvalue weighted by molar-refractivity contribution is 5.93. The molecule has 1 fully saturated rings. The van der Waals surface area contributed by atoms with Crippen molar-refractivity contribution < 1.29 is 9.59 Å². The number of carbonyl (C=O) groups excluding carboxylic acids is 2. The first-order valence-corrected chi connectivity index (χ1v) is 7.38. The molecule has 0 spiro atoms. The highest BCUT2D eigenvalue weighted by Crippen LogP contribution is 2.15. The molecule has 1 atom stereocenters. The lowest BCUT2D eigenvalue weighted by Crippen LogP contribution is -2.41. The van der Waals surface area contributed by atoms with Crippen molar-refractivity contribution in [2.45, 2.75) is 19.4 Å². The zero-order valence-corrected chi connectivity index (χ0v) is 12.7. The second-order valence-electron chi connectivity index (χ2n) is 5.51. The molecule has 2 rings (SSSR count). The Morgan fingerprint density at radius 2 is 2.05 bits per heavy atom. The van der Waals surface area contributed by atoms with E-state index in [2.05, 4.69) is 10.6 Å². The maximum Gasteiger partial charge on any atom is 0.251 e. The van der Waals surface area contributed by atoms with Crippen molar-refractivity contribution in [2.24, 2.45) is 5.92 Å². The summed E-state index contributed by atoms with van der Waals surface area (Å²) in [5.41, 5.74) is 1.66. The van der Waals surface area contributed by atoms with Crippen LogP contribution in [0.5, 0.6) is 0 Å². The van der Waals surface area contributed by atoms with Crippen LogP contribution in [0.4, 0.5) is 0 Å². The summed E-state index contributed by atoms with van der Waals surface area (Å²) in [6.45, 7) is 2.36. The molecular formula is C16H23N3O2. The maximum atomic E-state index is 12.3. The summed E-state index contributed by atoms with van der Waals surface area (Å²) in [7, 11) is 3.45. The lowest BCUT2D eigenvalue weighted by Gasteiger charge is -2.27. The van der Waals surface area contributed by atoms with E-state index >= 15 is 0 Å². The standard InChI is InChI=1S/C16H23N3O2/c1-17-15(20)13-7-5-12(6-8-13)11-19(2)16(21)14-4-3-9-18-10-14/h5-8,14,18H,3-4,9-11H2,1-2H3,(H,17,20)/t14-/m0/s1. The molecule has 1 aromatic carbocycles. The topological polar surface area (TPSA) is 61.4 Å². The third-order valence-electron chi connectivity index (χ3n) is 3.89. The van der Waals surface area contributed by atoms with Crippen molar-refractivity contribution in [2.75, 3.05) is 27.2 Å². The van der Waals surface area contributed by atoms with Crippen LogP contribution in [0.2, 0.25) is 0 Å². The van der Waals surface area contributed by atoms with E-state index in [1.54, 1.807) is 24.1 Å². The SMILES string of the molecule is CNC(=O)c1ccc(CN(C)C(=O)[C@H]2CCCNC2)cc1. The van der Waals surface area contributed by atoms with Crippen LogP contribution < -0.4 is 10.6 Å². The summed E-state index contributed by atoms with van der Waals surface area (Å²) < 4.78 is 0. The molecule has 1 saturated heterocycles. The molecule has 2 amide bonds. The summed E-state index contributed by atoms with van der Waals surface area (Å²) >= 11 is 0. The maximum absolute atomic E-state index is 12.3. The Balaban J connectivity index is 1.93. The van der Waals surface area contributed by atoms with Crippen molar-refractivity contribution in [3.63, 3.8) is 0 Å². The van der Waals surface area contributed by atoms with Crippen molar-refractivity contribution in [3.8, 4) is 0 Å². The number of piperidine rings is 1. The third kappa shape index (κ3) is 4.04. The van der Waals surface area contributed by atoms with Crippen molar-refractivity contribution in [1.29, 1.82) is 0 Å². The van der Waals surface area contributed by atoms with Gasteiger partial charge >= 0.3 is 0 Å². The zero-order chi connectivity index (χ0) is 15.2. The minimum atomic E-state index is -0.0979. The minimum absolute atomic E-state index is 0.0916. The second kappa shape index (κ2) is 7.22. The molecule has 1 heterocycles. The number of carbonyl (C=O) groups is 2. The smallest absolute Gasteiger partial charge is 0.251 e. The molecule has 5 nitrogen and oxygen atoms in total. The Kier molecular flexibility index (Phi) is 5.33. The highest BCUT2D eigenvalue weighted by Gasteiger charge is 2.23. The van der Waals surface area contributed by atoms with Gasteiger partial charge < -0.3 is 15.5 Å². The van der Waals surface area contributed by atoms with E-state index in [9.17, 15) is 9.59 Å². The predicted octanol–water partition coefficient (Wildman–Crippen LogP) is 1.00. The molecule has 1 aromatic rings. The van der Waals surface area contributed by atoms with Gasteiger partial charge in [-0.15, -0.1) is 0 Å². The van der Waals surface area contributed by atoms with E-state index in [4.69, 9.17) is 0 Å². The zero-order valence-electron chi connectivity index (χ0n) is 12.7. The lowest BCUT2D eigenvalue weighted by molar-refractivity contribution is -0.135. The number of hydrogen-bond donors (Lipinski definition) is 2. The molecule has 0 unspecified atom stereocenters. The molecule has 0 aromatic heterocycles. The Hall–Kier alpha value is -1.88. The summed E-state index contributed by atoms with van der Waals surface area (Å²) in [4.78, 5) is 25.6. The Morgan fingerprint density at radius 1 is 1.33 bits per heavy atom. The summed E-state index contributed by atoms with van der Waals surface area (Å²) in [6.07, 6.45) is 2.02. The quantitative estimate of drug-likeness (QED) is 0.869. The number of hydrogen-bond acceptors (Lipinski definition) is 3. The third-order valence-corrected chi connectivity index (χ3v) is 3.89. The van der Waals surface area contributed by atoms with Crippen LogP contribution in [-0.4, -0.2) is 43.9 Å². The molecule has 0 saturated carbocycles. The van der Waals surface area contributed by atoms with Gasteiger partial charge in [-0.3, -0.25) is 9.59 Å². The fraction of sp³-hybridized carbons (Fsp3) is 0.500. The number of nitrogens with zero attached hydrogens (tertiary/aromatic N) is 1. The van der Waals surface area contributed by atoms with Gasteiger partial charge in [-0.05, 0) is 37.1 Å². The normalized spacial score (nSPS) is 18.1. The van der Waals surface area contributed by atoms with Gasteiger partial charge in [0.2, 0.25) is 5.91 Å². The lowest BCUT2D eigenvalue weighted by atomic mass is 9.98. The molecule has 114 valence electrons. The number of nitrogens with one attached hydrogen (secondary N) is 2. The van der Waals surface area contributed by atoms with E-state index in [0.29, 0.717) is 12.1 Å². The average molecular weight is 289 g/mol. The van der Waals surface area contributed by atoms with Crippen LogP contribution >= 0.6 is 0 Å². The van der Waals surface area contributed by atoms with Gasteiger partial charge in [0.25, 0.3) is 5.91 Å². The molecule has 1 aliphatic rings. The predicted molar refractivity (Wildman–Crippen MR) is 81.9 cm³/mol. The first kappa shape index (κ1) is 15.5. The van der Waals surface area contributed by atoms with Crippen LogP contribution in [0.1, 0.15) is 28.8 Å². The van der Waals surface area contributed by atoms with E-state index in [0.717, 1.165) is 31.5 Å². The fourth-order valence-corrected chi connectivity index (χ4v) is 2.63. The van der Waals surface area contributed by atoms with E-state index < -0.39 is 0 Å². The van der Waals surface area contributed by atoms with Gasteiger partial charge in [0.15, 0.2) is 0 Å². The van der Waals surface area contributed by atoms with Gasteiger partial charge in [0, 0.05) is 32.7 Å². The van der Waals surface area contributed by atoms with Crippen LogP contribution in [0.25, 0.3) is 0 Å². The van der Waals surface area contributed by atoms with Crippen molar-refractivity contribution in [3.05, 3.63) is 35.4 Å². The monoisotopic (exact) mass is 289 g/mol. The van der Waals surface area contributed by atoms with Gasteiger partial charge in [0.1, 0.15) is 0 Å². The van der Waals surface area contributed by atoms with Crippen molar-refractivity contribution in [1.82, 2.24) is 15.5 Å². The van der Waals surface area contributed by atoms with Crippen molar-refractivity contribution >= 4 is 11.8 Å². The Labute approximate surface area is 125 Å². The highest BCUT2D eigenvalue weighted by atomic mass is 16.2. The second-order valence-corrected chi connectivity index (χ2v) is 5.51. The molecule has 5 heteroatoms. The summed E-state index contributed by atoms with van der Waals surface area (Å²) in [6, 6.07) is 7.37. The van der Waals surface area contributed by atoms with Gasteiger partial charge in [-0.2, -0.15) is 0 Å². The number of amides is 2. The summed E-state index contributed by atoms with van der Waals surface area (Å²) in [5, 5.41) is 5.86. The first-order chi connectivity index (χ1) is 10.1. The van der Waals surface area contributed by atoms with Crippen LogP contribution in [0, 0.1) is 5.92 Å². The van der Waals surface area contributed by atoms with Crippen LogP contribution in [0.15, 0.2) is 24.3 Å². The number of benzene rings is 1. The molecular weight excluding hydrogens is 266 g/mol. The van der Waals surface area contributed by atoms with Gasteiger partial charge in [0.05, 0.1) is 5.92 Å². The number of rotatable bonds is 4. The Morgan fingerprint density at radius 3 is 2.62 bits per heavy atom. The first-order valence-electron chi connectivity index (χ1n) is 7.38. The Bertz CT molecular complexity index is 493. The molecule has 0 bridgehead atoms. The average Bonchev–Trinajstić information content (AvgIpc) is 2.55. The van der Waals surface area contributed by atoms with Gasteiger partial charge in [-0.25, -0.2) is 0 Å². The molecule has 1 aliphatic heterocycles. The van der Waals surface area contributed by atoms with E-state index in [1.807, 2.05) is 19.2 Å². The van der Waals surface area contributed by atoms with Crippen LogP contribution in [-0.2, 0) is 11.3 Å². The molecule has 2 N–H and O–H groups in total. The fourth-order valence-electron chi connectivity index (χ4n) is 2.63. The van der Waals surface area contributed by atoms with Crippen LogP contribution in [0.3, 0.4) is 0 Å². The minimum Gasteiger partial charge on any atom is -0.355 e. The van der Waals surface area contributed by atoms with E-state index in [-0.39, 0.29) is 17.7 Å². The molecule has 0 aliphatic carbocycles. The van der Waals surface area contributed by atoms with Gasteiger partial charge in [-0.1, -0.05) is 12.1 Å². The summed E-state index contributed by atoms with van der Waals surface area (Å²) in [5.74, 6) is 0.186. The van der Waals surface area contributed by atoms with E-state index in [1.165, 1.54) is 0 Å². The molecule has 0 radical (unpaired) electrons. The largest absolute Gasteiger partial charge is 0.355 e. The molecule has 21 heavy (non-hydrogen) atoms.